The molecule has 0 saturated heterocycles. The molecule has 6 aromatic rings. The number of nitrogens with zero attached hydrogens (tertiary/aromatic N) is 3. The minimum absolute atomic E-state index is 0.367. The van der Waals surface area contributed by atoms with E-state index in [2.05, 4.69) is 41.4 Å². The maximum atomic E-state index is 6.72. The number of rotatable bonds is 4. The molecule has 2 N–H and O–H groups in total. The molecule has 0 spiro atoms. The average molecular weight is 495 g/mol. The van der Waals surface area contributed by atoms with Gasteiger partial charge in [-0.3, -0.25) is 0 Å². The van der Waals surface area contributed by atoms with Crippen molar-refractivity contribution in [1.82, 2.24) is 15.2 Å². The summed E-state index contributed by atoms with van der Waals surface area (Å²) in [5, 5.41) is 10.00. The number of thiophene rings is 1. The number of halogens is 1. The number of nitrogen functional groups attached to an aromatic ring is 1. The highest BCUT2D eigenvalue weighted by molar-refractivity contribution is 7.22. The molecular formula is C28H19ClN4OS. The van der Waals surface area contributed by atoms with E-state index in [1.54, 1.807) is 0 Å². The Hall–Kier alpha value is -4.00. The van der Waals surface area contributed by atoms with Crippen molar-refractivity contribution in [2.24, 2.45) is 0 Å². The predicted octanol–water partition coefficient (Wildman–Crippen LogP) is 7.89. The fourth-order valence-electron chi connectivity index (χ4n) is 4.06. The molecule has 3 aromatic heterocycles. The molecule has 7 heteroatoms. The molecule has 0 aliphatic rings. The lowest BCUT2D eigenvalue weighted by Crippen LogP contribution is -1.92. The number of benzene rings is 3. The van der Waals surface area contributed by atoms with Gasteiger partial charge < -0.3 is 10.2 Å². The monoisotopic (exact) mass is 494 g/mol. The van der Waals surface area contributed by atoms with Crippen molar-refractivity contribution in [2.45, 2.75) is 6.92 Å². The Labute approximate surface area is 210 Å². The first-order valence-electron chi connectivity index (χ1n) is 11.0. The molecule has 0 aliphatic heterocycles. The summed E-state index contributed by atoms with van der Waals surface area (Å²) < 4.78 is 6.02. The Morgan fingerprint density at radius 3 is 2.29 bits per heavy atom. The molecule has 0 bridgehead atoms. The zero-order valence-corrected chi connectivity index (χ0v) is 20.3. The van der Waals surface area contributed by atoms with Crippen LogP contribution in [0.4, 0.5) is 5.69 Å². The van der Waals surface area contributed by atoms with E-state index in [-0.39, 0.29) is 0 Å². The Kier molecular flexibility index (Phi) is 5.32. The number of pyridine rings is 1. The molecule has 0 unspecified atom stereocenters. The maximum absolute atomic E-state index is 6.72. The van der Waals surface area contributed by atoms with Crippen LogP contribution in [0, 0.1) is 6.92 Å². The van der Waals surface area contributed by atoms with Gasteiger partial charge >= 0.3 is 0 Å². The van der Waals surface area contributed by atoms with Crippen molar-refractivity contribution in [3.63, 3.8) is 0 Å². The SMILES string of the molecule is Cc1ccc(-c2cc(-c3ccccc3Cl)c3c(N)c(-c4nnc(-c5ccccc5)o4)sc3n2)cc1. The van der Waals surface area contributed by atoms with Crippen molar-refractivity contribution >= 4 is 38.8 Å². The lowest BCUT2D eigenvalue weighted by Gasteiger charge is -2.10. The molecule has 0 saturated carbocycles. The first-order valence-corrected chi connectivity index (χ1v) is 12.2. The molecule has 3 aromatic carbocycles. The summed E-state index contributed by atoms with van der Waals surface area (Å²) in [5.41, 5.74) is 13.0. The molecule has 170 valence electrons. The summed E-state index contributed by atoms with van der Waals surface area (Å²) in [4.78, 5) is 6.44. The highest BCUT2D eigenvalue weighted by Gasteiger charge is 2.23. The fourth-order valence-corrected chi connectivity index (χ4v) is 5.34. The highest BCUT2D eigenvalue weighted by Crippen LogP contribution is 2.46. The number of aromatic nitrogens is 3. The molecule has 0 fully saturated rings. The van der Waals surface area contributed by atoms with E-state index in [1.165, 1.54) is 16.9 Å². The first-order chi connectivity index (χ1) is 17.1. The third-order valence-electron chi connectivity index (χ3n) is 5.85. The Bertz CT molecular complexity index is 1670. The number of anilines is 1. The van der Waals surface area contributed by atoms with Gasteiger partial charge in [0.15, 0.2) is 0 Å². The van der Waals surface area contributed by atoms with Crippen molar-refractivity contribution in [3.8, 4) is 44.6 Å². The largest absolute Gasteiger partial charge is 0.415 e. The first kappa shape index (κ1) is 21.5. The van der Waals surface area contributed by atoms with Crippen LogP contribution in [0.15, 0.2) is 89.3 Å². The van der Waals surface area contributed by atoms with E-state index >= 15 is 0 Å². The van der Waals surface area contributed by atoms with E-state index in [1.807, 2.05) is 60.7 Å². The smallest absolute Gasteiger partial charge is 0.260 e. The molecule has 5 nitrogen and oxygen atoms in total. The summed E-state index contributed by atoms with van der Waals surface area (Å²) in [5.74, 6) is 0.809. The number of nitrogens with two attached hydrogens (primary N) is 1. The van der Waals surface area contributed by atoms with Crippen LogP contribution in [0.25, 0.3) is 54.8 Å². The van der Waals surface area contributed by atoms with Crippen LogP contribution in [-0.4, -0.2) is 15.2 Å². The van der Waals surface area contributed by atoms with Crippen LogP contribution in [0.2, 0.25) is 5.02 Å². The summed E-state index contributed by atoms with van der Waals surface area (Å²) in [6.45, 7) is 2.07. The summed E-state index contributed by atoms with van der Waals surface area (Å²) in [6, 6.07) is 27.7. The number of hydrogen-bond donors (Lipinski definition) is 1. The molecule has 0 atom stereocenters. The number of aryl methyl sites for hydroxylation is 1. The van der Waals surface area contributed by atoms with Gasteiger partial charge in [-0.2, -0.15) is 0 Å². The van der Waals surface area contributed by atoms with E-state index in [9.17, 15) is 0 Å². The van der Waals surface area contributed by atoms with Crippen LogP contribution in [0.3, 0.4) is 0 Å². The summed E-state index contributed by atoms with van der Waals surface area (Å²) in [7, 11) is 0. The topological polar surface area (TPSA) is 77.8 Å². The average Bonchev–Trinajstić information content (AvgIpc) is 3.50. The van der Waals surface area contributed by atoms with Gasteiger partial charge in [-0.25, -0.2) is 4.98 Å². The maximum Gasteiger partial charge on any atom is 0.260 e. The van der Waals surface area contributed by atoms with Crippen molar-refractivity contribution < 1.29 is 4.42 Å². The molecule has 6 rings (SSSR count). The Morgan fingerprint density at radius 1 is 0.800 bits per heavy atom. The molecule has 0 radical (unpaired) electrons. The van der Waals surface area contributed by atoms with Crippen LogP contribution in [-0.2, 0) is 0 Å². The standard InChI is InChI=1S/C28H19ClN4OS/c1-16-11-13-17(14-12-16)22-15-20(19-9-5-6-10-21(19)29)23-24(30)25(35-28(23)31-22)27-33-32-26(34-27)18-7-3-2-4-8-18/h2-15H,30H2,1H3. The van der Waals surface area contributed by atoms with Gasteiger partial charge in [-0.05, 0) is 36.8 Å². The van der Waals surface area contributed by atoms with Gasteiger partial charge in [0.1, 0.15) is 9.71 Å². The molecule has 0 aliphatic carbocycles. The second-order valence-corrected chi connectivity index (χ2v) is 9.61. The van der Waals surface area contributed by atoms with Crippen LogP contribution in [0.1, 0.15) is 5.56 Å². The Morgan fingerprint density at radius 2 is 1.51 bits per heavy atom. The zero-order valence-electron chi connectivity index (χ0n) is 18.7. The predicted molar refractivity (Wildman–Crippen MR) is 143 cm³/mol. The van der Waals surface area contributed by atoms with Gasteiger partial charge in [0.25, 0.3) is 5.89 Å². The summed E-state index contributed by atoms with van der Waals surface area (Å²) in [6.07, 6.45) is 0. The minimum Gasteiger partial charge on any atom is -0.415 e. The van der Waals surface area contributed by atoms with E-state index < -0.39 is 0 Å². The van der Waals surface area contributed by atoms with Crippen LogP contribution < -0.4 is 5.73 Å². The van der Waals surface area contributed by atoms with E-state index in [0.717, 1.165) is 38.2 Å². The van der Waals surface area contributed by atoms with Gasteiger partial charge in [-0.15, -0.1) is 21.5 Å². The Balaban J connectivity index is 1.57. The third kappa shape index (κ3) is 3.87. The van der Waals surface area contributed by atoms with Gasteiger partial charge in [0.05, 0.1) is 11.4 Å². The van der Waals surface area contributed by atoms with Crippen LogP contribution in [0.5, 0.6) is 0 Å². The van der Waals surface area contributed by atoms with Gasteiger partial charge in [0.2, 0.25) is 5.89 Å². The fraction of sp³-hybridized carbons (Fsp3) is 0.0357. The van der Waals surface area contributed by atoms with Crippen LogP contribution >= 0.6 is 22.9 Å². The molecule has 35 heavy (non-hydrogen) atoms. The number of fused-ring (bicyclic) bond motifs is 1. The zero-order chi connectivity index (χ0) is 23.9. The summed E-state index contributed by atoms with van der Waals surface area (Å²) >= 11 is 8.06. The second-order valence-electron chi connectivity index (χ2n) is 8.20. The van der Waals surface area contributed by atoms with Crippen molar-refractivity contribution in [2.75, 3.05) is 5.73 Å². The minimum atomic E-state index is 0.367. The van der Waals surface area contributed by atoms with E-state index in [0.29, 0.717) is 27.4 Å². The molecule has 0 amide bonds. The molecule has 3 heterocycles. The quantitative estimate of drug-likeness (QED) is 0.269. The van der Waals surface area contributed by atoms with Gasteiger partial charge in [-0.1, -0.05) is 77.8 Å². The normalized spacial score (nSPS) is 11.3. The third-order valence-corrected chi connectivity index (χ3v) is 7.27. The lowest BCUT2D eigenvalue weighted by molar-refractivity contribution is 0.586. The van der Waals surface area contributed by atoms with E-state index in [4.69, 9.17) is 26.7 Å². The van der Waals surface area contributed by atoms with Crippen molar-refractivity contribution in [1.29, 1.82) is 0 Å². The van der Waals surface area contributed by atoms with Crippen molar-refractivity contribution in [3.05, 3.63) is 95.5 Å². The number of hydrogen-bond acceptors (Lipinski definition) is 6. The highest BCUT2D eigenvalue weighted by atomic mass is 35.5. The lowest BCUT2D eigenvalue weighted by atomic mass is 9.99. The van der Waals surface area contributed by atoms with Gasteiger partial charge in [0, 0.05) is 27.1 Å². The second kappa shape index (κ2) is 8.65. The molecular weight excluding hydrogens is 476 g/mol.